The van der Waals surface area contributed by atoms with Gasteiger partial charge in [-0.25, -0.2) is 18.4 Å². The molecule has 2 aromatic heterocycles. The summed E-state index contributed by atoms with van der Waals surface area (Å²) in [4.78, 5) is 15.7. The first-order valence-corrected chi connectivity index (χ1v) is 8.54. The Balaban J connectivity index is 2.01. The molecule has 1 fully saturated rings. The quantitative estimate of drug-likeness (QED) is 0.707. The number of carboxylic acids is 1. The summed E-state index contributed by atoms with van der Waals surface area (Å²) in [6.45, 7) is -0.436. The molecule has 8 heteroatoms. The van der Waals surface area contributed by atoms with Crippen molar-refractivity contribution in [3.63, 3.8) is 0 Å². The zero-order valence-corrected chi connectivity index (χ0v) is 14.5. The van der Waals surface area contributed by atoms with E-state index in [4.69, 9.17) is 4.74 Å². The zero-order chi connectivity index (χ0) is 19.1. The molecular weight excluding hydrogens is 356 g/mol. The normalized spacial score (nSPS) is 14.1. The van der Waals surface area contributed by atoms with Crippen molar-refractivity contribution in [2.24, 2.45) is 0 Å². The fraction of sp³-hybridized carbons (Fsp3) is 0.316. The first-order chi connectivity index (χ1) is 13.0. The van der Waals surface area contributed by atoms with Crippen molar-refractivity contribution in [1.29, 1.82) is 0 Å². The maximum Gasteiger partial charge on any atom is 0.325 e. The molecule has 1 aromatic carbocycles. The summed E-state index contributed by atoms with van der Waals surface area (Å²) in [6.07, 6.45) is -1.02. The van der Waals surface area contributed by atoms with Gasteiger partial charge in [-0.1, -0.05) is 12.1 Å². The number of alkyl halides is 2. The van der Waals surface area contributed by atoms with E-state index in [-0.39, 0.29) is 22.5 Å². The van der Waals surface area contributed by atoms with Crippen LogP contribution in [0.4, 0.5) is 8.78 Å². The summed E-state index contributed by atoms with van der Waals surface area (Å²) in [6, 6.07) is 8.32. The molecular formula is C19H17F2N3O3. The molecule has 0 saturated heterocycles. The molecule has 0 bridgehead atoms. The van der Waals surface area contributed by atoms with Gasteiger partial charge in [-0.05, 0) is 31.0 Å². The Morgan fingerprint density at radius 3 is 2.74 bits per heavy atom. The van der Waals surface area contributed by atoms with Crippen molar-refractivity contribution in [2.75, 3.05) is 7.11 Å². The fourth-order valence-electron chi connectivity index (χ4n) is 3.27. The smallest absolute Gasteiger partial charge is 0.325 e. The highest BCUT2D eigenvalue weighted by atomic mass is 19.3. The number of carbonyl (C=O) groups is 1. The molecule has 0 aliphatic heterocycles. The number of hydrogen-bond donors (Lipinski definition) is 1. The number of aromatic nitrogens is 3. The highest BCUT2D eigenvalue weighted by molar-refractivity contribution is 5.87. The second-order valence-corrected chi connectivity index (χ2v) is 6.51. The van der Waals surface area contributed by atoms with Crippen molar-refractivity contribution in [3.05, 3.63) is 41.6 Å². The van der Waals surface area contributed by atoms with Crippen molar-refractivity contribution in [2.45, 2.75) is 31.7 Å². The molecule has 6 nitrogen and oxygen atoms in total. The minimum absolute atomic E-state index is 0.0824. The Morgan fingerprint density at radius 1 is 1.37 bits per heavy atom. The van der Waals surface area contributed by atoms with Crippen LogP contribution in [0.3, 0.4) is 0 Å². The first kappa shape index (κ1) is 17.4. The Kier molecular flexibility index (Phi) is 4.25. The third kappa shape index (κ3) is 3.11. The molecule has 140 valence electrons. The summed E-state index contributed by atoms with van der Waals surface area (Å²) in [7, 11) is 1.49. The van der Waals surface area contributed by atoms with E-state index in [2.05, 4.69) is 10.1 Å². The molecule has 2 heterocycles. The van der Waals surface area contributed by atoms with Crippen molar-refractivity contribution in [1.82, 2.24) is 14.8 Å². The molecule has 1 aliphatic rings. The summed E-state index contributed by atoms with van der Waals surface area (Å²) in [5.74, 6) is -0.528. The van der Waals surface area contributed by atoms with Crippen LogP contribution in [0.25, 0.3) is 22.3 Å². The Bertz CT molecular complexity index is 1030. The van der Waals surface area contributed by atoms with Gasteiger partial charge in [-0.15, -0.1) is 0 Å². The first-order valence-electron chi connectivity index (χ1n) is 8.54. The Morgan fingerprint density at radius 2 is 2.11 bits per heavy atom. The lowest BCUT2D eigenvalue weighted by Gasteiger charge is -2.11. The Hall–Kier alpha value is -3.03. The average molecular weight is 373 g/mol. The lowest BCUT2D eigenvalue weighted by molar-refractivity contribution is -0.137. The predicted octanol–water partition coefficient (Wildman–Crippen LogP) is 4.01. The van der Waals surface area contributed by atoms with E-state index in [1.807, 2.05) is 0 Å². The molecule has 0 amide bonds. The molecule has 1 N–H and O–H groups in total. The SMILES string of the molecule is COc1ccccc1-c1cc(C(F)F)c2c(C3CC3)nn(CC(=O)O)c2n1. The van der Waals surface area contributed by atoms with Crippen molar-refractivity contribution < 1.29 is 23.4 Å². The molecule has 1 aliphatic carbocycles. The van der Waals surface area contributed by atoms with Crippen LogP contribution in [0.5, 0.6) is 5.75 Å². The maximum atomic E-state index is 13.9. The second kappa shape index (κ2) is 6.61. The molecule has 4 rings (SSSR count). The zero-order valence-electron chi connectivity index (χ0n) is 14.5. The van der Waals surface area contributed by atoms with Gasteiger partial charge in [0.25, 0.3) is 6.43 Å². The highest BCUT2D eigenvalue weighted by Crippen LogP contribution is 2.45. The molecule has 0 radical (unpaired) electrons. The van der Waals surface area contributed by atoms with Crippen LogP contribution in [-0.4, -0.2) is 33.0 Å². The lowest BCUT2D eigenvalue weighted by Crippen LogP contribution is -2.11. The number of methoxy groups -OCH3 is 1. The number of ether oxygens (including phenoxy) is 1. The van der Waals surface area contributed by atoms with Gasteiger partial charge < -0.3 is 9.84 Å². The molecule has 0 spiro atoms. The number of pyridine rings is 1. The van der Waals surface area contributed by atoms with E-state index < -0.39 is 18.9 Å². The summed E-state index contributed by atoms with van der Waals surface area (Å²) >= 11 is 0. The van der Waals surface area contributed by atoms with Crippen LogP contribution >= 0.6 is 0 Å². The van der Waals surface area contributed by atoms with Crippen LogP contribution in [0.1, 0.15) is 36.4 Å². The van der Waals surface area contributed by atoms with Crippen LogP contribution < -0.4 is 4.74 Å². The number of rotatable bonds is 6. The minimum Gasteiger partial charge on any atom is -0.496 e. The van der Waals surface area contributed by atoms with Crippen LogP contribution in [0.15, 0.2) is 30.3 Å². The van der Waals surface area contributed by atoms with Gasteiger partial charge in [0.15, 0.2) is 5.65 Å². The van der Waals surface area contributed by atoms with E-state index in [1.165, 1.54) is 17.9 Å². The standard InChI is InChI=1S/C19H17F2N3O3/c1-27-14-5-3-2-4-11(14)13-8-12(18(20)21)16-17(10-6-7-10)23-24(9-15(25)26)19(16)22-13/h2-5,8,10,18H,6-7,9H2,1H3,(H,25,26). The van der Waals surface area contributed by atoms with Crippen molar-refractivity contribution in [3.8, 4) is 17.0 Å². The third-order valence-electron chi connectivity index (χ3n) is 4.63. The molecule has 0 unspecified atom stereocenters. The van der Waals surface area contributed by atoms with Gasteiger partial charge in [0.2, 0.25) is 0 Å². The second-order valence-electron chi connectivity index (χ2n) is 6.51. The van der Waals surface area contributed by atoms with Crippen LogP contribution in [0, 0.1) is 0 Å². The number of para-hydroxylation sites is 1. The van der Waals surface area contributed by atoms with Crippen LogP contribution in [-0.2, 0) is 11.3 Å². The van der Waals surface area contributed by atoms with Gasteiger partial charge in [-0.2, -0.15) is 5.10 Å². The fourth-order valence-corrected chi connectivity index (χ4v) is 3.27. The predicted molar refractivity (Wildman–Crippen MR) is 94.1 cm³/mol. The number of hydrogen-bond acceptors (Lipinski definition) is 4. The highest BCUT2D eigenvalue weighted by Gasteiger charge is 2.33. The number of nitrogens with zero attached hydrogens (tertiary/aromatic N) is 3. The van der Waals surface area contributed by atoms with Gasteiger partial charge in [0.1, 0.15) is 12.3 Å². The van der Waals surface area contributed by atoms with Crippen molar-refractivity contribution >= 4 is 17.0 Å². The van der Waals surface area contributed by atoms with Crippen LogP contribution in [0.2, 0.25) is 0 Å². The third-order valence-corrected chi connectivity index (χ3v) is 4.63. The van der Waals surface area contributed by atoms with E-state index in [1.54, 1.807) is 24.3 Å². The number of carboxylic acid groups (broad SMARTS) is 1. The number of halogens is 2. The van der Waals surface area contributed by atoms with Gasteiger partial charge in [0, 0.05) is 17.0 Å². The topological polar surface area (TPSA) is 77.2 Å². The van der Waals surface area contributed by atoms with E-state index in [9.17, 15) is 18.7 Å². The Labute approximate surface area is 153 Å². The number of aliphatic carboxylic acids is 1. The molecule has 27 heavy (non-hydrogen) atoms. The van der Waals surface area contributed by atoms with Gasteiger partial charge in [0.05, 0.1) is 23.9 Å². The minimum atomic E-state index is -2.73. The van der Waals surface area contributed by atoms with Gasteiger partial charge >= 0.3 is 5.97 Å². The molecule has 3 aromatic rings. The van der Waals surface area contributed by atoms with Gasteiger partial charge in [-0.3, -0.25) is 4.79 Å². The summed E-state index contributed by atoms with van der Waals surface area (Å²) < 4.78 is 34.3. The number of fused-ring (bicyclic) bond motifs is 1. The summed E-state index contributed by atoms with van der Waals surface area (Å²) in [5.41, 5.74) is 1.35. The van der Waals surface area contributed by atoms with E-state index in [0.29, 0.717) is 22.7 Å². The maximum absolute atomic E-state index is 13.9. The summed E-state index contributed by atoms with van der Waals surface area (Å²) in [5, 5.41) is 13.8. The molecule has 0 atom stereocenters. The van der Waals surface area contributed by atoms with E-state index in [0.717, 1.165) is 12.8 Å². The lowest BCUT2D eigenvalue weighted by atomic mass is 10.0. The molecule has 1 saturated carbocycles. The monoisotopic (exact) mass is 373 g/mol. The van der Waals surface area contributed by atoms with E-state index >= 15 is 0 Å². The largest absolute Gasteiger partial charge is 0.496 e. The number of benzene rings is 1. The average Bonchev–Trinajstić information content (AvgIpc) is 3.43.